The summed E-state index contributed by atoms with van der Waals surface area (Å²) in [5.74, 6) is 0.307. The molecule has 0 saturated heterocycles. The zero-order chi connectivity index (χ0) is 21.5. The van der Waals surface area contributed by atoms with Crippen LogP contribution in [0.4, 0.5) is 0 Å². The van der Waals surface area contributed by atoms with E-state index in [0.717, 1.165) is 11.4 Å². The zero-order valence-corrected chi connectivity index (χ0v) is 19.0. The highest BCUT2D eigenvalue weighted by Gasteiger charge is 2.18. The van der Waals surface area contributed by atoms with E-state index in [1.807, 2.05) is 17.4 Å². The van der Waals surface area contributed by atoms with Gasteiger partial charge in [0.05, 0.1) is 0 Å². The van der Waals surface area contributed by atoms with Gasteiger partial charge in [0.1, 0.15) is 0 Å². The summed E-state index contributed by atoms with van der Waals surface area (Å²) in [5.41, 5.74) is 4.10. The first kappa shape index (κ1) is 19.5. The lowest BCUT2D eigenvalue weighted by atomic mass is 9.84. The van der Waals surface area contributed by atoms with E-state index in [1.165, 1.54) is 47.6 Å². The predicted octanol–water partition coefficient (Wildman–Crippen LogP) is 9.24. The van der Waals surface area contributed by atoms with E-state index in [9.17, 15) is 0 Å². The largest absolute Gasteiger partial charge is 0.135 e. The summed E-state index contributed by atoms with van der Waals surface area (Å²) >= 11 is 8.23. The molecular weight excluding hydrogens is 428 g/mol. The lowest BCUT2D eigenvalue weighted by Gasteiger charge is -2.20. The lowest BCUT2D eigenvalue weighted by molar-refractivity contribution is 0.811. The maximum atomic E-state index is 6.37. The molecule has 0 aliphatic heterocycles. The van der Waals surface area contributed by atoms with Gasteiger partial charge >= 0.3 is 0 Å². The maximum Gasteiger partial charge on any atom is 0.0413 e. The third-order valence-corrected chi connectivity index (χ3v) is 7.71. The zero-order valence-electron chi connectivity index (χ0n) is 17.5. The number of hydrogen-bond acceptors (Lipinski definition) is 1. The Morgan fingerprint density at radius 2 is 1.22 bits per heavy atom. The third-order valence-electron chi connectivity index (χ3n) is 6.35. The Morgan fingerprint density at radius 3 is 1.91 bits per heavy atom. The second-order valence-corrected chi connectivity index (χ2v) is 9.80. The normalized spacial score (nSPS) is 11.7. The van der Waals surface area contributed by atoms with Crippen LogP contribution in [-0.4, -0.2) is 0 Å². The molecular formula is C30H21ClS. The van der Waals surface area contributed by atoms with Crippen molar-refractivity contribution in [2.75, 3.05) is 0 Å². The molecule has 1 heterocycles. The van der Waals surface area contributed by atoms with Gasteiger partial charge in [-0.15, -0.1) is 11.3 Å². The van der Waals surface area contributed by atoms with Crippen molar-refractivity contribution < 1.29 is 0 Å². The Bertz CT molecular complexity index is 1510. The van der Waals surface area contributed by atoms with Crippen LogP contribution >= 0.6 is 22.9 Å². The van der Waals surface area contributed by atoms with Gasteiger partial charge in [-0.1, -0.05) is 96.5 Å². The van der Waals surface area contributed by atoms with Gasteiger partial charge in [0.2, 0.25) is 0 Å². The van der Waals surface area contributed by atoms with Gasteiger partial charge in [-0.05, 0) is 58.1 Å². The summed E-state index contributed by atoms with van der Waals surface area (Å²) in [4.78, 5) is 0. The Hall–Kier alpha value is -3.13. The smallest absolute Gasteiger partial charge is 0.0413 e. The Kier molecular flexibility index (Phi) is 4.94. The first-order chi connectivity index (χ1) is 15.8. The molecule has 6 rings (SSSR count). The first-order valence-corrected chi connectivity index (χ1v) is 12.1. The molecule has 0 aliphatic carbocycles. The van der Waals surface area contributed by atoms with Gasteiger partial charge in [-0.3, -0.25) is 0 Å². The molecule has 0 radical (unpaired) electrons. The number of benzene rings is 5. The predicted molar refractivity (Wildman–Crippen MR) is 140 cm³/mol. The van der Waals surface area contributed by atoms with Crippen molar-refractivity contribution in [2.24, 2.45) is 0 Å². The van der Waals surface area contributed by atoms with Crippen molar-refractivity contribution in [3.8, 4) is 0 Å². The topological polar surface area (TPSA) is 0 Å². The molecule has 2 heteroatoms. The van der Waals surface area contributed by atoms with Crippen LogP contribution in [0.5, 0.6) is 0 Å². The summed E-state index contributed by atoms with van der Waals surface area (Å²) in [7, 11) is 0. The Morgan fingerprint density at radius 1 is 0.594 bits per heavy atom. The van der Waals surface area contributed by atoms with E-state index in [2.05, 4.69) is 103 Å². The van der Waals surface area contributed by atoms with Crippen molar-refractivity contribution >= 4 is 53.9 Å². The van der Waals surface area contributed by atoms with Crippen molar-refractivity contribution in [2.45, 2.75) is 12.3 Å². The van der Waals surface area contributed by atoms with E-state index >= 15 is 0 Å². The number of rotatable bonds is 4. The number of hydrogen-bond donors (Lipinski definition) is 0. The standard InChI is InChI=1S/C30H21ClS/c31-23-15-16-28-27(19-23)30-25-14-8-7-13-24(25)22(18-29(30)32-28)17-26(20-9-3-1-4-10-20)21-11-5-2-6-12-21/h1-16,18-19,26H,17H2. The Balaban J connectivity index is 1.59. The fourth-order valence-corrected chi connectivity index (χ4v) is 6.21. The molecule has 0 spiro atoms. The van der Waals surface area contributed by atoms with Crippen LogP contribution in [-0.2, 0) is 6.42 Å². The average Bonchev–Trinajstić information content (AvgIpc) is 3.21. The van der Waals surface area contributed by atoms with E-state index in [0.29, 0.717) is 5.92 Å². The van der Waals surface area contributed by atoms with Crippen molar-refractivity contribution in [1.82, 2.24) is 0 Å². The summed E-state index contributed by atoms with van der Waals surface area (Å²) in [5, 5.41) is 6.01. The molecule has 0 fully saturated rings. The fourth-order valence-electron chi connectivity index (χ4n) is 4.87. The quantitative estimate of drug-likeness (QED) is 0.252. The summed E-state index contributed by atoms with van der Waals surface area (Å²) in [6.45, 7) is 0. The van der Waals surface area contributed by atoms with Gasteiger partial charge in [0.25, 0.3) is 0 Å². The highest BCUT2D eigenvalue weighted by atomic mass is 35.5. The molecule has 0 saturated carbocycles. The van der Waals surface area contributed by atoms with E-state index < -0.39 is 0 Å². The monoisotopic (exact) mass is 448 g/mol. The summed E-state index contributed by atoms with van der Waals surface area (Å²) in [6, 6.07) is 39.2. The molecule has 0 N–H and O–H groups in total. The van der Waals surface area contributed by atoms with Crippen molar-refractivity contribution in [3.05, 3.63) is 131 Å². The van der Waals surface area contributed by atoms with Crippen molar-refractivity contribution in [3.63, 3.8) is 0 Å². The minimum atomic E-state index is 0.307. The molecule has 0 amide bonds. The maximum absolute atomic E-state index is 6.37. The van der Waals surface area contributed by atoms with E-state index in [4.69, 9.17) is 11.6 Å². The average molecular weight is 449 g/mol. The van der Waals surface area contributed by atoms with Crippen LogP contribution in [0.2, 0.25) is 5.02 Å². The molecule has 0 atom stereocenters. The third kappa shape index (κ3) is 3.39. The van der Waals surface area contributed by atoms with Crippen LogP contribution in [0.15, 0.2) is 109 Å². The van der Waals surface area contributed by atoms with Gasteiger partial charge in [0, 0.05) is 31.1 Å². The summed E-state index contributed by atoms with van der Waals surface area (Å²) < 4.78 is 2.62. The molecule has 32 heavy (non-hydrogen) atoms. The second kappa shape index (κ2) is 8.09. The molecule has 154 valence electrons. The second-order valence-electron chi connectivity index (χ2n) is 8.28. The number of thiophene rings is 1. The number of halogens is 1. The molecule has 5 aromatic carbocycles. The van der Waals surface area contributed by atoms with Gasteiger partial charge in [-0.2, -0.15) is 0 Å². The lowest BCUT2D eigenvalue weighted by Crippen LogP contribution is -2.05. The van der Waals surface area contributed by atoms with Gasteiger partial charge in [-0.25, -0.2) is 0 Å². The van der Waals surface area contributed by atoms with Gasteiger partial charge < -0.3 is 0 Å². The van der Waals surface area contributed by atoms with Crippen molar-refractivity contribution in [1.29, 1.82) is 0 Å². The van der Waals surface area contributed by atoms with Crippen LogP contribution in [0.3, 0.4) is 0 Å². The molecule has 0 bridgehead atoms. The van der Waals surface area contributed by atoms with Crippen LogP contribution in [0.25, 0.3) is 30.9 Å². The minimum absolute atomic E-state index is 0.307. The van der Waals surface area contributed by atoms with Crippen LogP contribution < -0.4 is 0 Å². The highest BCUT2D eigenvalue weighted by molar-refractivity contribution is 7.26. The molecule has 1 aromatic heterocycles. The van der Waals surface area contributed by atoms with Crippen LogP contribution in [0.1, 0.15) is 22.6 Å². The fraction of sp³-hybridized carbons (Fsp3) is 0.0667. The number of fused-ring (bicyclic) bond motifs is 5. The van der Waals surface area contributed by atoms with Gasteiger partial charge in [0.15, 0.2) is 0 Å². The molecule has 0 aliphatic rings. The highest BCUT2D eigenvalue weighted by Crippen LogP contribution is 2.42. The first-order valence-electron chi connectivity index (χ1n) is 10.9. The minimum Gasteiger partial charge on any atom is -0.135 e. The van der Waals surface area contributed by atoms with Crippen LogP contribution in [0, 0.1) is 0 Å². The summed E-state index contributed by atoms with van der Waals surface area (Å²) in [6.07, 6.45) is 0.958. The SMILES string of the molecule is Clc1ccc2sc3cc(CC(c4ccccc4)c4ccccc4)c4ccccc4c3c2c1. The molecule has 6 aromatic rings. The Labute approximate surface area is 196 Å². The van der Waals surface area contributed by atoms with E-state index in [1.54, 1.807) is 0 Å². The molecule has 0 nitrogen and oxygen atoms in total. The molecule has 0 unspecified atom stereocenters. The van der Waals surface area contributed by atoms with E-state index in [-0.39, 0.29) is 0 Å².